The van der Waals surface area contributed by atoms with Crippen molar-refractivity contribution in [2.45, 2.75) is 29.5 Å². The molecule has 3 rings (SSSR count). The third-order valence-electron chi connectivity index (χ3n) is 4.89. The Labute approximate surface area is 194 Å². The molecule has 0 aliphatic heterocycles. The molecule has 1 amide bonds. The van der Waals surface area contributed by atoms with Crippen molar-refractivity contribution in [2.75, 3.05) is 13.7 Å². The van der Waals surface area contributed by atoms with Gasteiger partial charge in [0.1, 0.15) is 23.9 Å². The average Bonchev–Trinajstić information content (AvgIpc) is 3.20. The minimum Gasteiger partial charge on any atom is -0.497 e. The molecule has 1 atom stereocenters. The first-order valence-corrected chi connectivity index (χ1v) is 12.1. The maximum atomic E-state index is 13.7. The van der Waals surface area contributed by atoms with Crippen molar-refractivity contribution in [1.82, 2.24) is 14.8 Å². The Balaban J connectivity index is 1.94. The highest BCUT2D eigenvalue weighted by molar-refractivity contribution is 9.10. The van der Waals surface area contributed by atoms with E-state index in [9.17, 15) is 13.2 Å². The number of hydrogen-bond acceptors (Lipinski definition) is 7. The number of nitrogens with two attached hydrogens (primary N) is 1. The van der Waals surface area contributed by atoms with E-state index in [0.717, 1.165) is 5.56 Å². The van der Waals surface area contributed by atoms with Crippen molar-refractivity contribution in [3.63, 3.8) is 0 Å². The second-order valence-electron chi connectivity index (χ2n) is 6.92. The lowest BCUT2D eigenvalue weighted by atomic mass is 10.1. The molecular formula is C21H23BrN4O5S. The van der Waals surface area contributed by atoms with Gasteiger partial charge in [0.05, 0.1) is 12.0 Å². The molecule has 3 aromatic rings. The number of rotatable bonds is 10. The van der Waals surface area contributed by atoms with Crippen molar-refractivity contribution >= 4 is 31.9 Å². The van der Waals surface area contributed by atoms with E-state index in [-0.39, 0.29) is 17.9 Å². The highest BCUT2D eigenvalue weighted by Gasteiger charge is 2.31. The largest absolute Gasteiger partial charge is 0.497 e. The fourth-order valence-electron chi connectivity index (χ4n) is 3.28. The molecule has 170 valence electrons. The normalized spacial score (nSPS) is 12.3. The number of hydrogen-bond donors (Lipinski definition) is 1. The zero-order valence-corrected chi connectivity index (χ0v) is 19.8. The number of halogens is 1. The number of ether oxygens (including phenoxy) is 2. The lowest BCUT2D eigenvalue weighted by Crippen LogP contribution is -2.30. The summed E-state index contributed by atoms with van der Waals surface area (Å²) in [5.74, 6) is 0.531. The van der Waals surface area contributed by atoms with E-state index in [1.165, 1.54) is 19.5 Å². The van der Waals surface area contributed by atoms with Crippen LogP contribution >= 0.6 is 15.9 Å². The molecule has 0 bridgehead atoms. The Hall–Kier alpha value is -2.92. The summed E-state index contributed by atoms with van der Waals surface area (Å²) in [7, 11) is -2.38. The maximum absolute atomic E-state index is 13.7. The van der Waals surface area contributed by atoms with Gasteiger partial charge in [-0.05, 0) is 52.5 Å². The van der Waals surface area contributed by atoms with Crippen molar-refractivity contribution in [1.29, 1.82) is 0 Å². The van der Waals surface area contributed by atoms with Gasteiger partial charge in [0.15, 0.2) is 14.6 Å². The molecule has 11 heteroatoms. The predicted molar refractivity (Wildman–Crippen MR) is 122 cm³/mol. The van der Waals surface area contributed by atoms with Gasteiger partial charge < -0.3 is 15.2 Å². The molecule has 0 fully saturated rings. The lowest BCUT2D eigenvalue weighted by molar-refractivity contribution is 0.155. The Morgan fingerprint density at radius 3 is 2.59 bits per heavy atom. The van der Waals surface area contributed by atoms with Gasteiger partial charge in [0.2, 0.25) is 0 Å². The van der Waals surface area contributed by atoms with E-state index in [1.807, 2.05) is 30.3 Å². The predicted octanol–water partition coefficient (Wildman–Crippen LogP) is 3.43. The summed E-state index contributed by atoms with van der Waals surface area (Å²) in [5.41, 5.74) is 6.34. The summed E-state index contributed by atoms with van der Waals surface area (Å²) in [6.07, 6.45) is 1.06. The second-order valence-corrected chi connectivity index (χ2v) is 9.83. The van der Waals surface area contributed by atoms with Crippen LogP contribution in [0.5, 0.6) is 5.75 Å². The number of benzene rings is 2. The third kappa shape index (κ3) is 5.65. The zero-order chi connectivity index (χ0) is 23.1. The molecule has 1 heterocycles. The highest BCUT2D eigenvalue weighted by atomic mass is 79.9. The standard InChI is InChI=1S/C21H23BrN4O5S/c1-30-16-9-10-19(18(12-16)15-6-3-2-4-7-15)32(28,29)17(13-31-21(23)27)8-5-11-26-20(22)24-14-25-26/h2-4,6-7,9-10,12,14,17H,5,8,11,13H2,1H3,(H2,23,27). The van der Waals surface area contributed by atoms with Gasteiger partial charge in [-0.2, -0.15) is 5.10 Å². The van der Waals surface area contributed by atoms with Crippen LogP contribution in [0.2, 0.25) is 0 Å². The van der Waals surface area contributed by atoms with Crippen molar-refractivity contribution < 1.29 is 22.7 Å². The van der Waals surface area contributed by atoms with Gasteiger partial charge in [0, 0.05) is 12.1 Å². The van der Waals surface area contributed by atoms with Crippen LogP contribution in [0.1, 0.15) is 12.8 Å². The van der Waals surface area contributed by atoms with Crippen LogP contribution in [0.25, 0.3) is 11.1 Å². The average molecular weight is 523 g/mol. The van der Waals surface area contributed by atoms with Crippen LogP contribution in [0.4, 0.5) is 4.79 Å². The van der Waals surface area contributed by atoms with E-state index >= 15 is 0 Å². The number of primary amides is 1. The summed E-state index contributed by atoms with van der Waals surface area (Å²) < 4.78 is 39.7. The van der Waals surface area contributed by atoms with Gasteiger partial charge in [0.25, 0.3) is 0 Å². The number of amides is 1. The van der Waals surface area contributed by atoms with E-state index in [2.05, 4.69) is 26.0 Å². The van der Waals surface area contributed by atoms with Crippen LogP contribution in [0.3, 0.4) is 0 Å². The number of aryl methyl sites for hydroxylation is 1. The van der Waals surface area contributed by atoms with Crippen molar-refractivity contribution in [2.24, 2.45) is 5.73 Å². The molecular weight excluding hydrogens is 500 g/mol. The van der Waals surface area contributed by atoms with E-state index in [1.54, 1.807) is 16.8 Å². The highest BCUT2D eigenvalue weighted by Crippen LogP contribution is 2.34. The molecule has 0 spiro atoms. The third-order valence-corrected chi connectivity index (χ3v) is 7.73. The molecule has 0 saturated carbocycles. The quantitative estimate of drug-likeness (QED) is 0.432. The Kier molecular flexibility index (Phi) is 7.86. The summed E-state index contributed by atoms with van der Waals surface area (Å²) in [6.45, 7) is 0.0911. The number of sulfone groups is 1. The topological polar surface area (TPSA) is 126 Å². The van der Waals surface area contributed by atoms with Crippen LogP contribution < -0.4 is 10.5 Å². The van der Waals surface area contributed by atoms with Gasteiger partial charge in [-0.3, -0.25) is 0 Å². The molecule has 0 radical (unpaired) electrons. The number of methoxy groups -OCH3 is 1. The first kappa shape index (κ1) is 23.7. The second kappa shape index (κ2) is 10.6. The smallest absolute Gasteiger partial charge is 0.404 e. The molecule has 0 aliphatic rings. The summed E-state index contributed by atoms with van der Waals surface area (Å²) in [4.78, 5) is 15.3. The molecule has 2 aromatic carbocycles. The number of carbonyl (C=O) groups is 1. The summed E-state index contributed by atoms with van der Waals surface area (Å²) in [5, 5.41) is 3.08. The Morgan fingerprint density at radius 1 is 1.22 bits per heavy atom. The van der Waals surface area contributed by atoms with Gasteiger partial charge in [-0.1, -0.05) is 30.3 Å². The minimum absolute atomic E-state index is 0.129. The lowest BCUT2D eigenvalue weighted by Gasteiger charge is -2.20. The van der Waals surface area contributed by atoms with Crippen LogP contribution in [0.15, 0.2) is 64.5 Å². The summed E-state index contributed by atoms with van der Waals surface area (Å²) >= 11 is 3.28. The van der Waals surface area contributed by atoms with Crippen LogP contribution in [0, 0.1) is 0 Å². The van der Waals surface area contributed by atoms with E-state index in [0.29, 0.717) is 29.0 Å². The van der Waals surface area contributed by atoms with Gasteiger partial charge >= 0.3 is 6.09 Å². The fraction of sp³-hybridized carbons (Fsp3) is 0.286. The SMILES string of the molecule is COc1ccc(S(=O)(=O)C(CCCn2ncnc2Br)COC(N)=O)c(-c2ccccc2)c1. The number of nitrogens with zero attached hydrogens (tertiary/aromatic N) is 3. The van der Waals surface area contributed by atoms with Crippen molar-refractivity contribution in [3.05, 3.63) is 59.6 Å². The first-order valence-electron chi connectivity index (χ1n) is 9.76. The van der Waals surface area contributed by atoms with E-state index < -0.39 is 21.2 Å². The van der Waals surface area contributed by atoms with Crippen LogP contribution in [-0.2, 0) is 21.1 Å². The number of aromatic nitrogens is 3. The number of carbonyl (C=O) groups excluding carboxylic acids is 1. The molecule has 9 nitrogen and oxygen atoms in total. The van der Waals surface area contributed by atoms with Crippen LogP contribution in [-0.4, -0.2) is 48.2 Å². The zero-order valence-electron chi connectivity index (χ0n) is 17.3. The fourth-order valence-corrected chi connectivity index (χ4v) is 5.46. The maximum Gasteiger partial charge on any atom is 0.404 e. The molecule has 0 saturated heterocycles. The molecule has 0 aliphatic carbocycles. The monoisotopic (exact) mass is 522 g/mol. The van der Waals surface area contributed by atoms with Crippen molar-refractivity contribution in [3.8, 4) is 16.9 Å². The molecule has 32 heavy (non-hydrogen) atoms. The van der Waals surface area contributed by atoms with E-state index in [4.69, 9.17) is 15.2 Å². The molecule has 2 N–H and O–H groups in total. The molecule has 1 unspecified atom stereocenters. The van der Waals surface area contributed by atoms with Gasteiger partial charge in [-0.15, -0.1) is 0 Å². The Bertz CT molecular complexity index is 1170. The minimum atomic E-state index is -3.90. The summed E-state index contributed by atoms with van der Waals surface area (Å²) in [6, 6.07) is 13.9. The van der Waals surface area contributed by atoms with Gasteiger partial charge in [-0.25, -0.2) is 22.9 Å². The Morgan fingerprint density at radius 2 is 1.97 bits per heavy atom. The molecule has 1 aromatic heterocycles. The first-order chi connectivity index (χ1) is 15.3.